The maximum Gasteiger partial charge on any atom is 0.325 e. The molecule has 2 aromatic rings. The third-order valence-corrected chi connectivity index (χ3v) is 9.49. The SMILES string of the molecule is CCC(C)(C)C1CCC2(CC1)NC(=O)N(CC(=O)N1CCN(c3nc4cccnc4s3)CC1)C2=O. The van der Waals surface area contributed by atoms with Crippen molar-refractivity contribution < 1.29 is 14.4 Å². The Hall–Kier alpha value is -2.75. The number of thiazole rings is 1. The lowest BCUT2D eigenvalue weighted by molar-refractivity contribution is -0.140. The van der Waals surface area contributed by atoms with E-state index in [1.165, 1.54) is 0 Å². The van der Waals surface area contributed by atoms with Crippen LogP contribution >= 0.6 is 11.3 Å². The summed E-state index contributed by atoms with van der Waals surface area (Å²) in [6.45, 7) is 8.95. The number of anilines is 1. The van der Waals surface area contributed by atoms with Crippen LogP contribution in [-0.2, 0) is 9.59 Å². The van der Waals surface area contributed by atoms with Crippen LogP contribution in [0.3, 0.4) is 0 Å². The van der Waals surface area contributed by atoms with E-state index < -0.39 is 11.6 Å². The molecule has 1 saturated carbocycles. The molecule has 2 aliphatic heterocycles. The zero-order chi connectivity index (χ0) is 24.8. The molecule has 9 nitrogen and oxygen atoms in total. The molecule has 4 heterocycles. The standard InChI is InChI=1S/C25H34N6O3S/c1-4-24(2,3)17-7-9-25(10-8-17)21(33)31(22(34)28-25)16-19(32)29-12-14-30(15-13-29)23-27-18-6-5-11-26-20(18)35-23/h5-6,11,17H,4,7-10,12-16H2,1-3H3,(H,28,34). The Bertz CT molecular complexity index is 1100. The normalized spacial score (nSPS) is 25.6. The van der Waals surface area contributed by atoms with Gasteiger partial charge in [0, 0.05) is 32.4 Å². The summed E-state index contributed by atoms with van der Waals surface area (Å²) < 4.78 is 0. The molecule has 0 atom stereocenters. The number of pyridine rings is 1. The summed E-state index contributed by atoms with van der Waals surface area (Å²) in [6, 6.07) is 3.39. The molecule has 10 heteroatoms. The molecule has 3 aliphatic rings. The van der Waals surface area contributed by atoms with Gasteiger partial charge < -0.3 is 15.1 Å². The molecule has 35 heavy (non-hydrogen) atoms. The van der Waals surface area contributed by atoms with Crippen molar-refractivity contribution in [1.29, 1.82) is 0 Å². The quantitative estimate of drug-likeness (QED) is 0.636. The first kappa shape index (κ1) is 24.0. The number of nitrogens with one attached hydrogen (secondary N) is 1. The number of urea groups is 1. The van der Waals surface area contributed by atoms with Crippen molar-refractivity contribution in [2.24, 2.45) is 11.3 Å². The number of amides is 4. The van der Waals surface area contributed by atoms with Gasteiger partial charge in [0.15, 0.2) is 5.13 Å². The summed E-state index contributed by atoms with van der Waals surface area (Å²) in [5.74, 6) is 0.127. The second-order valence-corrected chi connectivity index (χ2v) is 11.7. The molecule has 188 valence electrons. The van der Waals surface area contributed by atoms with Gasteiger partial charge in [0.2, 0.25) is 5.91 Å². The summed E-state index contributed by atoms with van der Waals surface area (Å²) in [7, 11) is 0. The van der Waals surface area contributed by atoms with E-state index in [4.69, 9.17) is 0 Å². The van der Waals surface area contributed by atoms with E-state index in [1.54, 1.807) is 22.4 Å². The Kier molecular flexibility index (Phi) is 6.19. The predicted molar refractivity (Wildman–Crippen MR) is 135 cm³/mol. The van der Waals surface area contributed by atoms with E-state index in [0.29, 0.717) is 44.9 Å². The first-order chi connectivity index (χ1) is 16.7. The van der Waals surface area contributed by atoms with Crippen molar-refractivity contribution in [3.8, 4) is 0 Å². The largest absolute Gasteiger partial charge is 0.344 e. The average Bonchev–Trinajstić information content (AvgIpc) is 3.39. The molecular weight excluding hydrogens is 464 g/mol. The van der Waals surface area contributed by atoms with Crippen molar-refractivity contribution in [1.82, 2.24) is 25.1 Å². The van der Waals surface area contributed by atoms with Gasteiger partial charge in [0.25, 0.3) is 5.91 Å². The van der Waals surface area contributed by atoms with E-state index >= 15 is 0 Å². The number of imide groups is 1. The summed E-state index contributed by atoms with van der Waals surface area (Å²) in [5.41, 5.74) is 0.273. The Morgan fingerprint density at radius 2 is 1.91 bits per heavy atom. The van der Waals surface area contributed by atoms with Gasteiger partial charge in [-0.3, -0.25) is 14.5 Å². The number of hydrogen-bond donors (Lipinski definition) is 1. The van der Waals surface area contributed by atoms with Crippen molar-refractivity contribution in [3.63, 3.8) is 0 Å². The third kappa shape index (κ3) is 4.37. The first-order valence-electron chi connectivity index (χ1n) is 12.6. The Labute approximate surface area is 209 Å². The highest BCUT2D eigenvalue weighted by molar-refractivity contribution is 7.21. The van der Waals surface area contributed by atoms with Crippen molar-refractivity contribution in [3.05, 3.63) is 18.3 Å². The molecule has 3 fully saturated rings. The van der Waals surface area contributed by atoms with Crippen LogP contribution in [0.5, 0.6) is 0 Å². The molecule has 1 spiro atoms. The number of carbonyl (C=O) groups excluding carboxylic acids is 3. The minimum Gasteiger partial charge on any atom is -0.344 e. The number of hydrogen-bond acceptors (Lipinski definition) is 7. The number of aromatic nitrogens is 2. The lowest BCUT2D eigenvalue weighted by atomic mass is 9.65. The van der Waals surface area contributed by atoms with Crippen LogP contribution in [0.15, 0.2) is 18.3 Å². The van der Waals surface area contributed by atoms with Gasteiger partial charge in [0.05, 0.1) is 0 Å². The fraction of sp³-hybridized carbons (Fsp3) is 0.640. The molecule has 1 aliphatic carbocycles. The average molecular weight is 499 g/mol. The zero-order valence-corrected chi connectivity index (χ0v) is 21.6. The van der Waals surface area contributed by atoms with Crippen LogP contribution < -0.4 is 10.2 Å². The number of fused-ring (bicyclic) bond motifs is 1. The highest BCUT2D eigenvalue weighted by Crippen LogP contribution is 2.45. The van der Waals surface area contributed by atoms with Gasteiger partial charge in [-0.25, -0.2) is 14.8 Å². The minimum atomic E-state index is -0.836. The lowest BCUT2D eigenvalue weighted by Crippen LogP contribution is -2.53. The summed E-state index contributed by atoms with van der Waals surface area (Å²) >= 11 is 1.55. The van der Waals surface area contributed by atoms with Gasteiger partial charge in [-0.2, -0.15) is 0 Å². The van der Waals surface area contributed by atoms with Gasteiger partial charge in [-0.1, -0.05) is 38.5 Å². The minimum absolute atomic E-state index is 0.183. The molecule has 2 saturated heterocycles. The van der Waals surface area contributed by atoms with Crippen molar-refractivity contribution in [2.75, 3.05) is 37.6 Å². The topological polar surface area (TPSA) is 98.7 Å². The molecule has 4 amide bonds. The fourth-order valence-corrected chi connectivity index (χ4v) is 6.58. The molecule has 5 rings (SSSR count). The van der Waals surface area contributed by atoms with Gasteiger partial charge in [-0.05, 0) is 49.1 Å². The number of rotatable bonds is 5. The van der Waals surface area contributed by atoms with Gasteiger partial charge in [0.1, 0.15) is 22.4 Å². The fourth-order valence-electron chi connectivity index (χ4n) is 5.62. The first-order valence-corrected chi connectivity index (χ1v) is 13.4. The summed E-state index contributed by atoms with van der Waals surface area (Å²) in [4.78, 5) is 54.0. The highest BCUT2D eigenvalue weighted by Gasteiger charge is 2.54. The lowest BCUT2D eigenvalue weighted by Gasteiger charge is -2.42. The van der Waals surface area contributed by atoms with E-state index in [-0.39, 0.29) is 23.8 Å². The van der Waals surface area contributed by atoms with Crippen LogP contribution in [0.1, 0.15) is 52.9 Å². The predicted octanol–water partition coefficient (Wildman–Crippen LogP) is 3.26. The van der Waals surface area contributed by atoms with Crippen LogP contribution in [0.25, 0.3) is 10.3 Å². The van der Waals surface area contributed by atoms with Crippen LogP contribution in [0.2, 0.25) is 0 Å². The van der Waals surface area contributed by atoms with Crippen molar-refractivity contribution in [2.45, 2.75) is 58.4 Å². The third-order valence-electron chi connectivity index (χ3n) is 8.45. The molecule has 0 bridgehead atoms. The van der Waals surface area contributed by atoms with E-state index in [9.17, 15) is 14.4 Å². The Morgan fingerprint density at radius 1 is 1.20 bits per heavy atom. The smallest absolute Gasteiger partial charge is 0.325 e. The zero-order valence-electron chi connectivity index (χ0n) is 20.7. The molecule has 0 radical (unpaired) electrons. The van der Waals surface area contributed by atoms with Gasteiger partial charge in [-0.15, -0.1) is 0 Å². The maximum absolute atomic E-state index is 13.3. The second-order valence-electron chi connectivity index (χ2n) is 10.7. The number of nitrogens with zero attached hydrogens (tertiary/aromatic N) is 5. The van der Waals surface area contributed by atoms with Gasteiger partial charge >= 0.3 is 6.03 Å². The van der Waals surface area contributed by atoms with E-state index in [0.717, 1.165) is 39.6 Å². The Morgan fingerprint density at radius 3 is 2.57 bits per heavy atom. The second kappa shape index (κ2) is 9.04. The van der Waals surface area contributed by atoms with E-state index in [2.05, 4.69) is 41.0 Å². The molecular formula is C25H34N6O3S. The molecule has 2 aromatic heterocycles. The van der Waals surface area contributed by atoms with Crippen molar-refractivity contribution >= 4 is 44.7 Å². The summed E-state index contributed by atoms with van der Waals surface area (Å²) in [5, 5.41) is 3.86. The van der Waals surface area contributed by atoms with Crippen LogP contribution in [0.4, 0.5) is 9.93 Å². The summed E-state index contributed by atoms with van der Waals surface area (Å²) in [6.07, 6.45) is 5.97. The monoisotopic (exact) mass is 498 g/mol. The molecule has 0 aromatic carbocycles. The Balaban J connectivity index is 1.17. The van der Waals surface area contributed by atoms with Crippen LogP contribution in [-0.4, -0.2) is 75.9 Å². The maximum atomic E-state index is 13.3. The molecule has 0 unspecified atom stereocenters. The molecule has 1 N–H and O–H groups in total. The number of piperazine rings is 1. The highest BCUT2D eigenvalue weighted by atomic mass is 32.1. The number of carbonyl (C=O) groups is 3. The van der Waals surface area contributed by atoms with E-state index in [1.807, 2.05) is 12.1 Å². The van der Waals surface area contributed by atoms with Crippen LogP contribution in [0, 0.1) is 11.3 Å².